The summed E-state index contributed by atoms with van der Waals surface area (Å²) in [5, 5.41) is 6.92. The number of nitrogens with zero attached hydrogens (tertiary/aromatic N) is 4. The second kappa shape index (κ2) is 7.25. The van der Waals surface area contributed by atoms with E-state index in [0.29, 0.717) is 18.0 Å². The molecule has 0 atom stereocenters. The highest BCUT2D eigenvalue weighted by molar-refractivity contribution is 5.94. The third-order valence-corrected chi connectivity index (χ3v) is 4.34. The van der Waals surface area contributed by atoms with Gasteiger partial charge in [-0.1, -0.05) is 0 Å². The third kappa shape index (κ3) is 3.79. The molecular weight excluding hydrogens is 306 g/mol. The van der Waals surface area contributed by atoms with Gasteiger partial charge in [0.1, 0.15) is 12.7 Å². The Hall–Kier alpha value is -2.70. The number of likely N-dealkylation sites (tertiary alicyclic amines) is 1. The lowest BCUT2D eigenvalue weighted by Gasteiger charge is -2.32. The Balaban J connectivity index is 1.56. The largest absolute Gasteiger partial charge is 0.356 e. The standard InChI is InChI=1S/C17H21N5O2/c1-13(23)19-10-14-6-8-21(9-7-14)17(24)15-2-4-16(5-3-15)22-12-18-11-20-22/h2-5,11-12,14H,6-10H2,1H3,(H,19,23). The summed E-state index contributed by atoms with van der Waals surface area (Å²) in [6, 6.07) is 7.38. The minimum absolute atomic E-state index is 0.000905. The molecular formula is C17H21N5O2. The fraction of sp³-hybridized carbons (Fsp3) is 0.412. The molecule has 1 saturated heterocycles. The molecule has 2 aromatic rings. The zero-order chi connectivity index (χ0) is 16.9. The van der Waals surface area contributed by atoms with Gasteiger partial charge < -0.3 is 10.2 Å². The number of rotatable bonds is 4. The topological polar surface area (TPSA) is 80.1 Å². The summed E-state index contributed by atoms with van der Waals surface area (Å²) in [7, 11) is 0. The molecule has 0 unspecified atom stereocenters. The summed E-state index contributed by atoms with van der Waals surface area (Å²) in [5.41, 5.74) is 1.55. The first-order valence-electron chi connectivity index (χ1n) is 8.12. The maximum atomic E-state index is 12.6. The molecule has 7 nitrogen and oxygen atoms in total. The lowest BCUT2D eigenvalue weighted by molar-refractivity contribution is -0.119. The Morgan fingerprint density at radius 3 is 2.50 bits per heavy atom. The SMILES string of the molecule is CC(=O)NCC1CCN(C(=O)c2ccc(-n3cncn3)cc2)CC1. The first kappa shape index (κ1) is 16.2. The van der Waals surface area contributed by atoms with Crippen LogP contribution in [-0.2, 0) is 4.79 Å². The zero-order valence-electron chi connectivity index (χ0n) is 13.7. The molecule has 126 valence electrons. The maximum Gasteiger partial charge on any atom is 0.253 e. The molecule has 24 heavy (non-hydrogen) atoms. The van der Waals surface area contributed by atoms with Crippen molar-refractivity contribution in [3.05, 3.63) is 42.5 Å². The van der Waals surface area contributed by atoms with E-state index in [0.717, 1.165) is 31.6 Å². The van der Waals surface area contributed by atoms with E-state index < -0.39 is 0 Å². The lowest BCUT2D eigenvalue weighted by Crippen LogP contribution is -2.41. The molecule has 1 fully saturated rings. The molecule has 2 amide bonds. The van der Waals surface area contributed by atoms with E-state index in [9.17, 15) is 9.59 Å². The molecule has 7 heteroatoms. The molecule has 1 aliphatic heterocycles. The fourth-order valence-electron chi connectivity index (χ4n) is 2.91. The van der Waals surface area contributed by atoms with Crippen molar-refractivity contribution in [2.45, 2.75) is 19.8 Å². The predicted octanol–water partition coefficient (Wildman–Crippen LogP) is 1.26. The molecule has 0 spiro atoms. The van der Waals surface area contributed by atoms with Crippen LogP contribution in [0.2, 0.25) is 0 Å². The number of carbonyl (C=O) groups excluding carboxylic acids is 2. The van der Waals surface area contributed by atoms with Gasteiger partial charge in [-0.2, -0.15) is 5.10 Å². The van der Waals surface area contributed by atoms with Crippen molar-refractivity contribution >= 4 is 11.8 Å². The van der Waals surface area contributed by atoms with Gasteiger partial charge in [-0.3, -0.25) is 9.59 Å². The van der Waals surface area contributed by atoms with Crippen molar-refractivity contribution in [3.63, 3.8) is 0 Å². The van der Waals surface area contributed by atoms with Crippen molar-refractivity contribution in [2.75, 3.05) is 19.6 Å². The highest BCUT2D eigenvalue weighted by Gasteiger charge is 2.23. The number of amides is 2. The van der Waals surface area contributed by atoms with Crippen LogP contribution in [-0.4, -0.2) is 51.1 Å². The van der Waals surface area contributed by atoms with Crippen LogP contribution >= 0.6 is 0 Å². The van der Waals surface area contributed by atoms with Crippen molar-refractivity contribution in [1.29, 1.82) is 0 Å². The second-order valence-electron chi connectivity index (χ2n) is 6.06. The van der Waals surface area contributed by atoms with Crippen LogP contribution in [0, 0.1) is 5.92 Å². The normalized spacial score (nSPS) is 15.3. The van der Waals surface area contributed by atoms with E-state index in [-0.39, 0.29) is 11.8 Å². The Kier molecular flexibility index (Phi) is 4.88. The summed E-state index contributed by atoms with van der Waals surface area (Å²) >= 11 is 0. The van der Waals surface area contributed by atoms with Crippen LogP contribution in [0.4, 0.5) is 0 Å². The van der Waals surface area contributed by atoms with Crippen LogP contribution in [0.3, 0.4) is 0 Å². The van der Waals surface area contributed by atoms with E-state index in [4.69, 9.17) is 0 Å². The van der Waals surface area contributed by atoms with Crippen LogP contribution in [0.25, 0.3) is 5.69 Å². The number of nitrogens with one attached hydrogen (secondary N) is 1. The van der Waals surface area contributed by atoms with Crippen molar-refractivity contribution in [3.8, 4) is 5.69 Å². The van der Waals surface area contributed by atoms with Crippen molar-refractivity contribution in [2.24, 2.45) is 5.92 Å². The molecule has 0 radical (unpaired) electrons. The van der Waals surface area contributed by atoms with Gasteiger partial charge in [-0.15, -0.1) is 0 Å². The van der Waals surface area contributed by atoms with Crippen LogP contribution in [0.5, 0.6) is 0 Å². The molecule has 0 bridgehead atoms. The number of hydrogen-bond acceptors (Lipinski definition) is 4. The van der Waals surface area contributed by atoms with E-state index in [2.05, 4.69) is 15.4 Å². The van der Waals surface area contributed by atoms with Gasteiger partial charge in [0.05, 0.1) is 5.69 Å². The predicted molar refractivity (Wildman–Crippen MR) is 88.7 cm³/mol. The third-order valence-electron chi connectivity index (χ3n) is 4.34. The molecule has 1 N–H and O–H groups in total. The minimum atomic E-state index is 0.000905. The second-order valence-corrected chi connectivity index (χ2v) is 6.06. The van der Waals surface area contributed by atoms with E-state index >= 15 is 0 Å². The maximum absolute atomic E-state index is 12.6. The van der Waals surface area contributed by atoms with Crippen LogP contribution < -0.4 is 5.32 Å². The lowest BCUT2D eigenvalue weighted by atomic mass is 9.96. The Bertz CT molecular complexity index is 688. The average Bonchev–Trinajstić information content (AvgIpc) is 3.14. The monoisotopic (exact) mass is 327 g/mol. The van der Waals surface area contributed by atoms with Crippen molar-refractivity contribution < 1.29 is 9.59 Å². The van der Waals surface area contributed by atoms with Gasteiger partial charge >= 0.3 is 0 Å². The molecule has 2 heterocycles. The van der Waals surface area contributed by atoms with E-state index in [1.54, 1.807) is 11.0 Å². The first-order chi connectivity index (χ1) is 11.6. The quantitative estimate of drug-likeness (QED) is 0.917. The van der Waals surface area contributed by atoms with Gasteiger partial charge in [-0.05, 0) is 43.0 Å². The summed E-state index contributed by atoms with van der Waals surface area (Å²) in [5.74, 6) is 0.506. The van der Waals surface area contributed by atoms with Crippen LogP contribution in [0.15, 0.2) is 36.9 Å². The van der Waals surface area contributed by atoms with Crippen molar-refractivity contribution in [1.82, 2.24) is 25.0 Å². The summed E-state index contributed by atoms with van der Waals surface area (Å²) in [6.07, 6.45) is 4.94. The van der Waals surface area contributed by atoms with E-state index in [1.807, 2.05) is 29.2 Å². The van der Waals surface area contributed by atoms with E-state index in [1.165, 1.54) is 13.3 Å². The number of aromatic nitrogens is 3. The number of hydrogen-bond donors (Lipinski definition) is 1. The zero-order valence-corrected chi connectivity index (χ0v) is 13.7. The molecule has 0 aliphatic carbocycles. The van der Waals surface area contributed by atoms with Gasteiger partial charge in [0, 0.05) is 32.1 Å². The fourth-order valence-corrected chi connectivity index (χ4v) is 2.91. The summed E-state index contributed by atoms with van der Waals surface area (Å²) in [4.78, 5) is 29.4. The van der Waals surface area contributed by atoms with Gasteiger partial charge in [-0.25, -0.2) is 9.67 Å². The number of benzene rings is 1. The minimum Gasteiger partial charge on any atom is -0.356 e. The highest BCUT2D eigenvalue weighted by atomic mass is 16.2. The molecule has 3 rings (SSSR count). The first-order valence-corrected chi connectivity index (χ1v) is 8.12. The summed E-state index contributed by atoms with van der Waals surface area (Å²) in [6.45, 7) is 3.69. The Labute approximate surface area is 140 Å². The molecule has 0 saturated carbocycles. The van der Waals surface area contributed by atoms with Crippen LogP contribution in [0.1, 0.15) is 30.1 Å². The molecule has 1 aromatic heterocycles. The Morgan fingerprint density at radius 1 is 1.21 bits per heavy atom. The number of carbonyl (C=O) groups is 2. The van der Waals surface area contributed by atoms with Gasteiger partial charge in [0.2, 0.25) is 5.91 Å². The average molecular weight is 327 g/mol. The van der Waals surface area contributed by atoms with Gasteiger partial charge in [0.25, 0.3) is 5.91 Å². The molecule has 1 aliphatic rings. The smallest absolute Gasteiger partial charge is 0.253 e. The van der Waals surface area contributed by atoms with Gasteiger partial charge in [0.15, 0.2) is 0 Å². The number of piperidine rings is 1. The Morgan fingerprint density at radius 2 is 1.92 bits per heavy atom. The summed E-state index contributed by atoms with van der Waals surface area (Å²) < 4.78 is 1.65. The molecule has 1 aromatic carbocycles. The highest BCUT2D eigenvalue weighted by Crippen LogP contribution is 2.19.